The zero-order valence-electron chi connectivity index (χ0n) is 16.0. The third-order valence-corrected chi connectivity index (χ3v) is 5.94. The number of nitrogens with zero attached hydrogens (tertiary/aromatic N) is 2. The van der Waals surface area contributed by atoms with E-state index < -0.39 is 0 Å². The van der Waals surface area contributed by atoms with Crippen molar-refractivity contribution in [1.29, 1.82) is 0 Å². The van der Waals surface area contributed by atoms with E-state index in [1.807, 2.05) is 42.6 Å². The molecule has 1 N–H and O–H groups in total. The Morgan fingerprint density at radius 3 is 2.68 bits per heavy atom. The summed E-state index contributed by atoms with van der Waals surface area (Å²) in [6.45, 7) is 5.49. The second-order valence-electron chi connectivity index (χ2n) is 7.06. The molecule has 0 aliphatic carbocycles. The van der Waals surface area contributed by atoms with Crippen molar-refractivity contribution in [2.75, 3.05) is 29.9 Å². The van der Waals surface area contributed by atoms with Crippen molar-refractivity contribution in [2.45, 2.75) is 13.8 Å². The molecule has 1 aromatic heterocycles. The summed E-state index contributed by atoms with van der Waals surface area (Å²) in [5, 5.41) is 4.01. The van der Waals surface area contributed by atoms with Crippen molar-refractivity contribution < 1.29 is 9.18 Å². The molecule has 0 unspecified atom stereocenters. The monoisotopic (exact) mass is 395 g/mol. The van der Waals surface area contributed by atoms with Crippen molar-refractivity contribution in [1.82, 2.24) is 9.88 Å². The number of thioether (sulfide) groups is 1. The van der Waals surface area contributed by atoms with E-state index in [4.69, 9.17) is 0 Å². The Morgan fingerprint density at radius 2 is 1.93 bits per heavy atom. The van der Waals surface area contributed by atoms with Crippen LogP contribution in [-0.4, -0.2) is 40.4 Å². The van der Waals surface area contributed by atoms with E-state index in [0.717, 1.165) is 28.3 Å². The minimum atomic E-state index is -0.350. The van der Waals surface area contributed by atoms with Gasteiger partial charge in [-0.15, -0.1) is 0 Å². The highest BCUT2D eigenvalue weighted by atomic mass is 32.2. The predicted octanol–water partition coefficient (Wildman–Crippen LogP) is 4.92. The number of halogens is 1. The van der Waals surface area contributed by atoms with Gasteiger partial charge >= 0.3 is 0 Å². The van der Waals surface area contributed by atoms with Gasteiger partial charge in [0.25, 0.3) is 5.91 Å². The summed E-state index contributed by atoms with van der Waals surface area (Å²) >= 11 is 1.85. The minimum Gasteiger partial charge on any atom is -0.354 e. The molecule has 144 valence electrons. The van der Waals surface area contributed by atoms with Crippen LogP contribution in [0.25, 0.3) is 10.9 Å². The molecule has 0 spiro atoms. The van der Waals surface area contributed by atoms with Crippen molar-refractivity contribution in [2.24, 2.45) is 0 Å². The summed E-state index contributed by atoms with van der Waals surface area (Å²) in [6, 6.07) is 10.6. The highest BCUT2D eigenvalue weighted by Crippen LogP contribution is 2.32. The number of carbonyl (C=O) groups is 1. The van der Waals surface area contributed by atoms with E-state index in [1.165, 1.54) is 12.1 Å². The molecule has 0 radical (unpaired) electrons. The van der Waals surface area contributed by atoms with Crippen LogP contribution >= 0.6 is 11.8 Å². The number of nitrogens with one attached hydrogen (secondary N) is 1. The molecular formula is C22H22FN3OS. The van der Waals surface area contributed by atoms with Crippen LogP contribution in [0.1, 0.15) is 21.5 Å². The molecule has 3 aromatic rings. The van der Waals surface area contributed by atoms with Gasteiger partial charge in [0.2, 0.25) is 0 Å². The summed E-state index contributed by atoms with van der Waals surface area (Å²) in [4.78, 5) is 19.5. The first kappa shape index (κ1) is 18.7. The van der Waals surface area contributed by atoms with Crippen molar-refractivity contribution in [3.05, 3.63) is 65.1 Å². The third kappa shape index (κ3) is 3.69. The number of hydrogen-bond donors (Lipinski definition) is 1. The first-order valence-electron chi connectivity index (χ1n) is 9.32. The van der Waals surface area contributed by atoms with Crippen LogP contribution in [0.4, 0.5) is 15.8 Å². The molecular weight excluding hydrogens is 373 g/mol. The first-order valence-corrected chi connectivity index (χ1v) is 10.5. The quantitative estimate of drug-likeness (QED) is 0.683. The lowest BCUT2D eigenvalue weighted by atomic mass is 10.1. The molecule has 1 fully saturated rings. The van der Waals surface area contributed by atoms with E-state index in [1.54, 1.807) is 12.3 Å². The standard InChI is InChI=1S/C22H22FN3OS/c1-14-3-5-19(15(2)11-14)25-21-17-12-16(23)4-6-20(17)24-13-18(21)22(27)26-7-9-28-10-8-26/h3-6,11-13H,7-10H2,1-2H3,(H,24,25). The van der Waals surface area contributed by atoms with E-state index in [-0.39, 0.29) is 11.7 Å². The summed E-state index contributed by atoms with van der Waals surface area (Å²) in [6.07, 6.45) is 1.61. The van der Waals surface area contributed by atoms with Crippen LogP contribution in [0.3, 0.4) is 0 Å². The Hall–Kier alpha value is -2.60. The van der Waals surface area contributed by atoms with Crippen LogP contribution in [0.2, 0.25) is 0 Å². The van der Waals surface area contributed by atoms with Gasteiger partial charge in [-0.25, -0.2) is 4.39 Å². The Kier molecular flexibility index (Phi) is 5.22. The lowest BCUT2D eigenvalue weighted by molar-refractivity contribution is 0.0773. The first-order chi connectivity index (χ1) is 13.5. The zero-order valence-corrected chi connectivity index (χ0v) is 16.8. The largest absolute Gasteiger partial charge is 0.354 e. The van der Waals surface area contributed by atoms with Crippen LogP contribution < -0.4 is 5.32 Å². The second-order valence-corrected chi connectivity index (χ2v) is 8.28. The number of aromatic nitrogens is 1. The molecule has 28 heavy (non-hydrogen) atoms. The lowest BCUT2D eigenvalue weighted by Gasteiger charge is -2.27. The van der Waals surface area contributed by atoms with Gasteiger partial charge in [0, 0.05) is 41.9 Å². The molecule has 1 amide bonds. The lowest BCUT2D eigenvalue weighted by Crippen LogP contribution is -2.38. The fourth-order valence-corrected chi connectivity index (χ4v) is 4.39. The van der Waals surface area contributed by atoms with Gasteiger partial charge in [0.1, 0.15) is 5.82 Å². The van der Waals surface area contributed by atoms with Gasteiger partial charge in [-0.1, -0.05) is 17.7 Å². The van der Waals surface area contributed by atoms with Crippen LogP contribution in [0.15, 0.2) is 42.6 Å². The Balaban J connectivity index is 1.84. The smallest absolute Gasteiger partial charge is 0.257 e. The van der Waals surface area contributed by atoms with Gasteiger partial charge < -0.3 is 10.2 Å². The summed E-state index contributed by atoms with van der Waals surface area (Å²) < 4.78 is 14.0. The van der Waals surface area contributed by atoms with Gasteiger partial charge in [0.15, 0.2) is 0 Å². The number of hydrogen-bond acceptors (Lipinski definition) is 4. The zero-order chi connectivity index (χ0) is 19.7. The molecule has 2 aromatic carbocycles. The molecule has 4 rings (SSSR count). The topological polar surface area (TPSA) is 45.2 Å². The maximum atomic E-state index is 14.0. The van der Waals surface area contributed by atoms with E-state index in [2.05, 4.69) is 16.4 Å². The molecule has 1 aliphatic heterocycles. The Morgan fingerprint density at radius 1 is 1.14 bits per heavy atom. The Bertz CT molecular complexity index is 1050. The SMILES string of the molecule is Cc1ccc(Nc2c(C(=O)N3CCSCC3)cnc3ccc(F)cc23)c(C)c1. The number of aryl methyl sites for hydroxylation is 2. The number of carbonyl (C=O) groups excluding carboxylic acids is 1. The van der Waals surface area contributed by atoms with E-state index in [9.17, 15) is 9.18 Å². The highest BCUT2D eigenvalue weighted by molar-refractivity contribution is 7.99. The Labute approximate surface area is 168 Å². The number of fused-ring (bicyclic) bond motifs is 1. The van der Waals surface area contributed by atoms with Crippen molar-refractivity contribution >= 4 is 39.9 Å². The van der Waals surface area contributed by atoms with Gasteiger partial charge in [-0.2, -0.15) is 11.8 Å². The van der Waals surface area contributed by atoms with Crippen molar-refractivity contribution in [3.63, 3.8) is 0 Å². The third-order valence-electron chi connectivity index (χ3n) is 5.00. The molecule has 1 saturated heterocycles. The average Bonchev–Trinajstić information content (AvgIpc) is 2.70. The predicted molar refractivity (Wildman–Crippen MR) is 114 cm³/mol. The average molecular weight is 396 g/mol. The van der Waals surface area contributed by atoms with Crippen LogP contribution in [0, 0.1) is 19.7 Å². The van der Waals surface area contributed by atoms with Crippen LogP contribution in [0.5, 0.6) is 0 Å². The maximum Gasteiger partial charge on any atom is 0.257 e. The number of pyridine rings is 1. The fourth-order valence-electron chi connectivity index (χ4n) is 3.49. The minimum absolute atomic E-state index is 0.0637. The molecule has 0 bridgehead atoms. The second kappa shape index (κ2) is 7.80. The highest BCUT2D eigenvalue weighted by Gasteiger charge is 2.23. The summed E-state index contributed by atoms with van der Waals surface area (Å²) in [5.41, 5.74) is 4.86. The molecule has 2 heterocycles. The maximum absolute atomic E-state index is 14.0. The van der Waals surface area contributed by atoms with Gasteiger partial charge in [0.05, 0.1) is 16.8 Å². The van der Waals surface area contributed by atoms with Gasteiger partial charge in [-0.3, -0.25) is 9.78 Å². The summed E-state index contributed by atoms with van der Waals surface area (Å²) in [5.74, 6) is 1.45. The van der Waals surface area contributed by atoms with Gasteiger partial charge in [-0.05, 0) is 43.7 Å². The van der Waals surface area contributed by atoms with Crippen molar-refractivity contribution in [3.8, 4) is 0 Å². The number of anilines is 2. The molecule has 1 aliphatic rings. The van der Waals surface area contributed by atoms with E-state index >= 15 is 0 Å². The number of benzene rings is 2. The number of rotatable bonds is 3. The normalized spacial score (nSPS) is 14.3. The molecule has 4 nitrogen and oxygen atoms in total. The molecule has 0 saturated carbocycles. The number of amides is 1. The van der Waals surface area contributed by atoms with Crippen LogP contribution in [-0.2, 0) is 0 Å². The summed E-state index contributed by atoms with van der Waals surface area (Å²) in [7, 11) is 0. The fraction of sp³-hybridized carbons (Fsp3) is 0.273. The molecule has 0 atom stereocenters. The molecule has 6 heteroatoms. The van der Waals surface area contributed by atoms with E-state index in [0.29, 0.717) is 35.2 Å².